The van der Waals surface area contributed by atoms with Crippen molar-refractivity contribution in [1.29, 1.82) is 0 Å². The van der Waals surface area contributed by atoms with Crippen molar-refractivity contribution >= 4 is 44.5 Å². The number of carbonyl (C=O) groups excluding carboxylic acids is 2. The van der Waals surface area contributed by atoms with E-state index < -0.39 is 17.8 Å². The standard InChI is InChI=1S/C22H21N3O5S/c1-14(21(27)24(2)13-19-23-15-7-3-6-10-18(15)31-19)29-20(26)11-12-25-16-8-4-5-9-17(16)30-22(25)28/h3-10,14H,11-13H2,1-2H3. The van der Waals surface area contributed by atoms with E-state index in [1.165, 1.54) is 27.7 Å². The monoisotopic (exact) mass is 439 g/mol. The highest BCUT2D eigenvalue weighted by Crippen LogP contribution is 2.22. The van der Waals surface area contributed by atoms with Crippen molar-refractivity contribution in [2.75, 3.05) is 7.05 Å². The van der Waals surface area contributed by atoms with Crippen molar-refractivity contribution in [3.8, 4) is 0 Å². The predicted molar refractivity (Wildman–Crippen MR) is 117 cm³/mol. The van der Waals surface area contributed by atoms with Gasteiger partial charge in [0.25, 0.3) is 5.91 Å². The summed E-state index contributed by atoms with van der Waals surface area (Å²) in [5, 5.41) is 0.807. The number of benzene rings is 2. The van der Waals surface area contributed by atoms with Gasteiger partial charge in [-0.05, 0) is 31.2 Å². The number of oxazole rings is 1. The SMILES string of the molecule is CC(OC(=O)CCn1c(=O)oc2ccccc21)C(=O)N(C)Cc1nc2ccccc2s1. The third-order valence-electron chi connectivity index (χ3n) is 4.86. The molecule has 9 heteroatoms. The van der Waals surface area contributed by atoms with Gasteiger partial charge < -0.3 is 14.1 Å². The zero-order valence-corrected chi connectivity index (χ0v) is 17.9. The number of hydrogen-bond acceptors (Lipinski definition) is 7. The number of para-hydroxylation sites is 3. The molecule has 160 valence electrons. The number of fused-ring (bicyclic) bond motifs is 2. The van der Waals surface area contributed by atoms with Gasteiger partial charge in [-0.1, -0.05) is 24.3 Å². The van der Waals surface area contributed by atoms with Crippen LogP contribution in [-0.2, 0) is 27.4 Å². The van der Waals surface area contributed by atoms with Gasteiger partial charge in [-0.3, -0.25) is 14.2 Å². The molecule has 0 fully saturated rings. The van der Waals surface area contributed by atoms with E-state index in [2.05, 4.69) is 4.98 Å². The molecule has 4 rings (SSSR count). The summed E-state index contributed by atoms with van der Waals surface area (Å²) in [5.74, 6) is -1.42. The lowest BCUT2D eigenvalue weighted by Gasteiger charge is -2.20. The van der Waals surface area contributed by atoms with Crippen LogP contribution in [0.3, 0.4) is 0 Å². The Balaban J connectivity index is 1.32. The van der Waals surface area contributed by atoms with Crippen LogP contribution in [0.1, 0.15) is 18.4 Å². The molecule has 4 aromatic rings. The minimum Gasteiger partial charge on any atom is -0.452 e. The maximum Gasteiger partial charge on any atom is 0.419 e. The van der Waals surface area contributed by atoms with Crippen molar-refractivity contribution in [3.63, 3.8) is 0 Å². The average Bonchev–Trinajstić information content (AvgIpc) is 3.30. The lowest BCUT2D eigenvalue weighted by molar-refractivity contribution is -0.158. The second kappa shape index (κ2) is 8.73. The van der Waals surface area contributed by atoms with Crippen molar-refractivity contribution in [1.82, 2.24) is 14.5 Å². The number of aryl methyl sites for hydroxylation is 1. The number of rotatable bonds is 7. The molecule has 0 bridgehead atoms. The third-order valence-corrected chi connectivity index (χ3v) is 5.88. The Labute approximate surface area is 181 Å². The van der Waals surface area contributed by atoms with Crippen molar-refractivity contribution in [3.05, 3.63) is 64.1 Å². The highest BCUT2D eigenvalue weighted by Gasteiger charge is 2.23. The van der Waals surface area contributed by atoms with Crippen molar-refractivity contribution < 1.29 is 18.7 Å². The molecular formula is C22H21N3O5S. The van der Waals surface area contributed by atoms with Gasteiger partial charge in [0.2, 0.25) is 0 Å². The van der Waals surface area contributed by atoms with E-state index in [4.69, 9.17) is 9.15 Å². The molecule has 8 nitrogen and oxygen atoms in total. The predicted octanol–water partition coefficient (Wildman–Crippen LogP) is 3.18. The van der Waals surface area contributed by atoms with Crippen LogP contribution in [0, 0.1) is 0 Å². The maximum atomic E-state index is 12.6. The van der Waals surface area contributed by atoms with Gasteiger partial charge in [0.1, 0.15) is 5.01 Å². The molecule has 0 N–H and O–H groups in total. The second-order valence-corrected chi connectivity index (χ2v) is 8.25. The van der Waals surface area contributed by atoms with E-state index in [1.807, 2.05) is 24.3 Å². The zero-order valence-electron chi connectivity index (χ0n) is 17.1. The summed E-state index contributed by atoms with van der Waals surface area (Å²) in [6.07, 6.45) is -0.993. The van der Waals surface area contributed by atoms with E-state index in [9.17, 15) is 14.4 Å². The topological polar surface area (TPSA) is 94.6 Å². The van der Waals surface area contributed by atoms with Gasteiger partial charge in [-0.2, -0.15) is 0 Å². The summed E-state index contributed by atoms with van der Waals surface area (Å²) < 4.78 is 12.9. The fraction of sp³-hybridized carbons (Fsp3) is 0.273. The number of nitrogens with zero attached hydrogens (tertiary/aromatic N) is 3. The van der Waals surface area contributed by atoms with Crippen LogP contribution < -0.4 is 5.76 Å². The quantitative estimate of drug-likeness (QED) is 0.411. The largest absolute Gasteiger partial charge is 0.452 e. The summed E-state index contributed by atoms with van der Waals surface area (Å²) >= 11 is 1.52. The number of esters is 1. The molecule has 1 amide bonds. The summed E-state index contributed by atoms with van der Waals surface area (Å²) in [6.45, 7) is 1.97. The lowest BCUT2D eigenvalue weighted by Crippen LogP contribution is -2.37. The van der Waals surface area contributed by atoms with Crippen LogP contribution in [0.2, 0.25) is 0 Å². The number of ether oxygens (including phenoxy) is 1. The Hall–Kier alpha value is -3.46. The van der Waals surface area contributed by atoms with Crippen LogP contribution in [-0.4, -0.2) is 39.5 Å². The highest BCUT2D eigenvalue weighted by atomic mass is 32.1. The van der Waals surface area contributed by atoms with Crippen molar-refractivity contribution in [2.45, 2.75) is 32.5 Å². The highest BCUT2D eigenvalue weighted by molar-refractivity contribution is 7.18. The molecule has 31 heavy (non-hydrogen) atoms. The van der Waals surface area contributed by atoms with E-state index in [0.29, 0.717) is 17.6 Å². The summed E-state index contributed by atoms with van der Waals surface area (Å²) in [5.41, 5.74) is 1.96. The smallest absolute Gasteiger partial charge is 0.419 e. The minimum atomic E-state index is -0.940. The molecule has 0 saturated carbocycles. The fourth-order valence-corrected chi connectivity index (χ4v) is 4.33. The minimum absolute atomic E-state index is 0.0529. The molecule has 2 aromatic carbocycles. The Bertz CT molecular complexity index is 1270. The summed E-state index contributed by atoms with van der Waals surface area (Å²) in [6, 6.07) is 14.8. The van der Waals surface area contributed by atoms with E-state index in [-0.39, 0.29) is 18.9 Å². The Kier molecular flexibility index (Phi) is 5.85. The number of thiazole rings is 1. The van der Waals surface area contributed by atoms with Gasteiger partial charge in [-0.15, -0.1) is 11.3 Å². The van der Waals surface area contributed by atoms with Crippen LogP contribution in [0.25, 0.3) is 21.3 Å². The van der Waals surface area contributed by atoms with Crippen LogP contribution in [0.4, 0.5) is 0 Å². The van der Waals surface area contributed by atoms with Gasteiger partial charge in [0.15, 0.2) is 11.7 Å². The van der Waals surface area contributed by atoms with Gasteiger partial charge in [0.05, 0.1) is 28.7 Å². The third kappa shape index (κ3) is 4.51. The Morgan fingerprint density at radius 1 is 1.19 bits per heavy atom. The van der Waals surface area contributed by atoms with E-state index in [0.717, 1.165) is 15.2 Å². The molecule has 0 saturated heterocycles. The Morgan fingerprint density at radius 3 is 2.74 bits per heavy atom. The first-order valence-electron chi connectivity index (χ1n) is 9.79. The molecule has 0 aliphatic rings. The first-order valence-corrected chi connectivity index (χ1v) is 10.6. The Morgan fingerprint density at radius 2 is 1.94 bits per heavy atom. The molecular weight excluding hydrogens is 418 g/mol. The number of amides is 1. The molecule has 1 unspecified atom stereocenters. The van der Waals surface area contributed by atoms with E-state index >= 15 is 0 Å². The molecule has 0 aliphatic carbocycles. The number of aromatic nitrogens is 2. The van der Waals surface area contributed by atoms with Crippen LogP contribution in [0.15, 0.2) is 57.7 Å². The fourth-order valence-electron chi connectivity index (χ4n) is 3.31. The summed E-state index contributed by atoms with van der Waals surface area (Å²) in [7, 11) is 1.65. The number of hydrogen-bond donors (Lipinski definition) is 0. The maximum absolute atomic E-state index is 12.6. The number of likely N-dealkylation sites (N-methyl/N-ethyl adjacent to an activating group) is 1. The molecule has 2 aromatic heterocycles. The van der Waals surface area contributed by atoms with Crippen LogP contribution in [0.5, 0.6) is 0 Å². The molecule has 1 atom stereocenters. The first-order chi connectivity index (χ1) is 14.9. The normalized spacial score (nSPS) is 12.2. The molecule has 2 heterocycles. The average molecular weight is 439 g/mol. The van der Waals surface area contributed by atoms with Gasteiger partial charge >= 0.3 is 11.7 Å². The number of carbonyl (C=O) groups is 2. The van der Waals surface area contributed by atoms with Crippen LogP contribution >= 0.6 is 11.3 Å². The van der Waals surface area contributed by atoms with E-state index in [1.54, 1.807) is 31.3 Å². The lowest BCUT2D eigenvalue weighted by atomic mass is 10.3. The van der Waals surface area contributed by atoms with Crippen molar-refractivity contribution in [2.24, 2.45) is 0 Å². The molecule has 0 aliphatic heterocycles. The molecule has 0 radical (unpaired) electrons. The van der Waals surface area contributed by atoms with Gasteiger partial charge in [0, 0.05) is 13.6 Å². The van der Waals surface area contributed by atoms with Gasteiger partial charge in [-0.25, -0.2) is 9.78 Å². The molecule has 0 spiro atoms. The zero-order chi connectivity index (χ0) is 22.0. The second-order valence-electron chi connectivity index (χ2n) is 7.14. The first kappa shape index (κ1) is 20.8. The summed E-state index contributed by atoms with van der Waals surface area (Å²) in [4.78, 5) is 42.9.